The standard InChI is InChI=1S/C31H35N7O4/c1-19-13-24(15-26-29(19)36-30(34-26)21-8-12-41-17-21)42-28-16-27(32-18-33-28)37-9-6-22(7-10-37)38-11-5-20-14-23(40-2)3-4-25(20)35-31(38)39/h3-4,13-16,18,21-22H,5-12,17H2,1-2H3,(H,34,36)(H,35,39). The van der Waals surface area contributed by atoms with Crippen molar-refractivity contribution in [2.45, 2.75) is 44.6 Å². The molecule has 1 atom stereocenters. The van der Waals surface area contributed by atoms with E-state index in [0.717, 1.165) is 90.6 Å². The third-order valence-electron chi connectivity index (χ3n) is 8.60. The van der Waals surface area contributed by atoms with Gasteiger partial charge in [-0.15, -0.1) is 0 Å². The number of methoxy groups -OCH3 is 1. The van der Waals surface area contributed by atoms with E-state index in [4.69, 9.17) is 19.2 Å². The first-order valence-corrected chi connectivity index (χ1v) is 14.6. The lowest BCUT2D eigenvalue weighted by Crippen LogP contribution is -2.49. The fraction of sp³-hybridized carbons (Fsp3) is 0.419. The minimum atomic E-state index is -0.0386. The van der Waals surface area contributed by atoms with Crippen LogP contribution in [0, 0.1) is 6.92 Å². The first kappa shape index (κ1) is 26.5. The number of aryl methyl sites for hydroxylation is 1. The molecular weight excluding hydrogens is 534 g/mol. The van der Waals surface area contributed by atoms with Crippen LogP contribution in [0.2, 0.25) is 0 Å². The molecular formula is C31H35N7O4. The summed E-state index contributed by atoms with van der Waals surface area (Å²) in [5, 5.41) is 3.09. The molecule has 0 radical (unpaired) electrons. The average Bonchev–Trinajstić information content (AvgIpc) is 3.66. The van der Waals surface area contributed by atoms with Crippen LogP contribution in [-0.2, 0) is 11.2 Å². The summed E-state index contributed by atoms with van der Waals surface area (Å²) in [6.45, 7) is 5.79. The second-order valence-corrected chi connectivity index (χ2v) is 11.3. The number of aromatic amines is 1. The predicted octanol–water partition coefficient (Wildman–Crippen LogP) is 5.03. The molecule has 2 aromatic heterocycles. The van der Waals surface area contributed by atoms with E-state index in [0.29, 0.717) is 30.7 Å². The van der Waals surface area contributed by atoms with E-state index in [2.05, 4.69) is 25.2 Å². The van der Waals surface area contributed by atoms with Crippen molar-refractivity contribution in [1.29, 1.82) is 0 Å². The Morgan fingerprint density at radius 1 is 1.02 bits per heavy atom. The van der Waals surface area contributed by atoms with Crippen LogP contribution < -0.4 is 19.7 Å². The van der Waals surface area contributed by atoms with Crippen LogP contribution in [0.25, 0.3) is 11.0 Å². The number of hydrogen-bond donors (Lipinski definition) is 2. The van der Waals surface area contributed by atoms with E-state index in [9.17, 15) is 4.79 Å². The number of imidazole rings is 1. The zero-order chi connectivity index (χ0) is 28.6. The number of urea groups is 1. The zero-order valence-corrected chi connectivity index (χ0v) is 23.9. The number of nitrogens with zero attached hydrogens (tertiary/aromatic N) is 5. The highest BCUT2D eigenvalue weighted by Crippen LogP contribution is 2.32. The number of anilines is 2. The fourth-order valence-corrected chi connectivity index (χ4v) is 6.27. The van der Waals surface area contributed by atoms with Crippen LogP contribution in [0.4, 0.5) is 16.3 Å². The van der Waals surface area contributed by atoms with Gasteiger partial charge in [0.1, 0.15) is 29.5 Å². The maximum Gasteiger partial charge on any atom is 0.322 e. The summed E-state index contributed by atoms with van der Waals surface area (Å²) in [7, 11) is 1.66. The molecule has 218 valence electrons. The quantitative estimate of drug-likeness (QED) is 0.332. The van der Waals surface area contributed by atoms with Crippen molar-refractivity contribution in [2.24, 2.45) is 0 Å². The molecule has 7 rings (SSSR count). The molecule has 0 saturated carbocycles. The van der Waals surface area contributed by atoms with Gasteiger partial charge in [0, 0.05) is 56.0 Å². The number of amides is 2. The van der Waals surface area contributed by atoms with Gasteiger partial charge in [-0.3, -0.25) is 0 Å². The Morgan fingerprint density at radius 2 is 1.90 bits per heavy atom. The van der Waals surface area contributed by atoms with Gasteiger partial charge in [0.2, 0.25) is 5.88 Å². The molecule has 42 heavy (non-hydrogen) atoms. The molecule has 11 heteroatoms. The Hall–Kier alpha value is -4.38. The summed E-state index contributed by atoms with van der Waals surface area (Å²) in [5.41, 5.74) is 4.90. The second kappa shape index (κ2) is 11.1. The second-order valence-electron chi connectivity index (χ2n) is 11.3. The Bertz CT molecular complexity index is 1610. The van der Waals surface area contributed by atoms with Gasteiger partial charge in [-0.05, 0) is 68.0 Å². The lowest BCUT2D eigenvalue weighted by atomic mass is 10.0. The molecule has 3 aliphatic rings. The molecule has 2 N–H and O–H groups in total. The molecule has 5 heterocycles. The topological polar surface area (TPSA) is 118 Å². The number of nitrogens with one attached hydrogen (secondary N) is 2. The third kappa shape index (κ3) is 5.20. The number of carbonyl (C=O) groups is 1. The zero-order valence-electron chi connectivity index (χ0n) is 23.9. The van der Waals surface area contributed by atoms with Crippen molar-refractivity contribution in [1.82, 2.24) is 24.8 Å². The number of rotatable bonds is 6. The minimum absolute atomic E-state index is 0.0386. The van der Waals surface area contributed by atoms with Gasteiger partial charge in [-0.1, -0.05) is 0 Å². The fourth-order valence-electron chi connectivity index (χ4n) is 6.27. The molecule has 0 aliphatic carbocycles. The van der Waals surface area contributed by atoms with Gasteiger partial charge in [-0.25, -0.2) is 19.7 Å². The molecule has 4 aromatic rings. The van der Waals surface area contributed by atoms with Gasteiger partial charge in [0.25, 0.3) is 0 Å². The number of ether oxygens (including phenoxy) is 3. The normalized spacial score (nSPS) is 19.5. The summed E-state index contributed by atoms with van der Waals surface area (Å²) < 4.78 is 17.1. The molecule has 0 bridgehead atoms. The predicted molar refractivity (Wildman–Crippen MR) is 159 cm³/mol. The summed E-state index contributed by atoms with van der Waals surface area (Å²) in [6.07, 6.45) is 5.04. The summed E-state index contributed by atoms with van der Waals surface area (Å²) in [6, 6.07) is 11.8. The maximum absolute atomic E-state index is 13.1. The van der Waals surface area contributed by atoms with Gasteiger partial charge in [-0.2, -0.15) is 0 Å². The Morgan fingerprint density at radius 3 is 2.71 bits per heavy atom. The molecule has 11 nitrogen and oxygen atoms in total. The number of benzene rings is 2. The largest absolute Gasteiger partial charge is 0.497 e. The number of piperidine rings is 1. The minimum Gasteiger partial charge on any atom is -0.497 e. The van der Waals surface area contributed by atoms with E-state index < -0.39 is 0 Å². The Balaban J connectivity index is 1.00. The van der Waals surface area contributed by atoms with E-state index >= 15 is 0 Å². The van der Waals surface area contributed by atoms with Crippen molar-refractivity contribution in [3.8, 4) is 17.4 Å². The summed E-state index contributed by atoms with van der Waals surface area (Å²) in [4.78, 5) is 34.5. The van der Waals surface area contributed by atoms with Crippen LogP contribution in [-0.4, -0.2) is 76.9 Å². The van der Waals surface area contributed by atoms with Crippen molar-refractivity contribution in [3.63, 3.8) is 0 Å². The number of fused-ring (bicyclic) bond motifs is 2. The SMILES string of the molecule is COc1ccc2c(c1)CCN(C1CCN(c3cc(Oc4cc(C)c5nc(C6CCOC6)[nH]c5c4)ncn3)CC1)C(=O)N2. The van der Waals surface area contributed by atoms with Crippen molar-refractivity contribution in [3.05, 3.63) is 59.7 Å². The van der Waals surface area contributed by atoms with E-state index in [1.165, 1.54) is 0 Å². The van der Waals surface area contributed by atoms with Gasteiger partial charge in [0.05, 0.1) is 24.8 Å². The highest BCUT2D eigenvalue weighted by Gasteiger charge is 2.31. The number of hydrogen-bond acceptors (Lipinski definition) is 8. The molecule has 3 aliphatic heterocycles. The number of carbonyl (C=O) groups excluding carboxylic acids is 1. The van der Waals surface area contributed by atoms with Gasteiger partial charge in [0.15, 0.2) is 0 Å². The number of aromatic nitrogens is 4. The maximum atomic E-state index is 13.1. The summed E-state index contributed by atoms with van der Waals surface area (Å²) >= 11 is 0. The smallest absolute Gasteiger partial charge is 0.322 e. The van der Waals surface area contributed by atoms with E-state index in [1.54, 1.807) is 13.4 Å². The van der Waals surface area contributed by atoms with Crippen LogP contribution in [0.3, 0.4) is 0 Å². The van der Waals surface area contributed by atoms with Gasteiger partial charge < -0.3 is 34.3 Å². The van der Waals surface area contributed by atoms with E-state index in [-0.39, 0.29) is 12.1 Å². The molecule has 0 spiro atoms. The summed E-state index contributed by atoms with van der Waals surface area (Å²) in [5.74, 6) is 4.10. The molecule has 2 saturated heterocycles. The van der Waals surface area contributed by atoms with Crippen molar-refractivity contribution >= 4 is 28.6 Å². The van der Waals surface area contributed by atoms with E-state index in [1.807, 2.05) is 48.2 Å². The highest BCUT2D eigenvalue weighted by molar-refractivity contribution is 5.91. The highest BCUT2D eigenvalue weighted by atomic mass is 16.5. The van der Waals surface area contributed by atoms with Crippen LogP contribution in [0.1, 0.15) is 42.1 Å². The monoisotopic (exact) mass is 569 g/mol. The lowest BCUT2D eigenvalue weighted by Gasteiger charge is -2.38. The third-order valence-corrected chi connectivity index (χ3v) is 8.60. The molecule has 1 unspecified atom stereocenters. The lowest BCUT2D eigenvalue weighted by molar-refractivity contribution is 0.177. The molecule has 2 fully saturated rings. The van der Waals surface area contributed by atoms with Gasteiger partial charge >= 0.3 is 6.03 Å². The average molecular weight is 570 g/mol. The first-order valence-electron chi connectivity index (χ1n) is 14.6. The first-order chi connectivity index (χ1) is 20.5. The van der Waals surface area contributed by atoms with Crippen LogP contribution >= 0.6 is 0 Å². The van der Waals surface area contributed by atoms with Crippen LogP contribution in [0.15, 0.2) is 42.7 Å². The number of H-pyrrole nitrogens is 1. The molecule has 2 aromatic carbocycles. The Labute approximate surface area is 244 Å². The molecule has 2 amide bonds. The van der Waals surface area contributed by atoms with Crippen molar-refractivity contribution < 1.29 is 19.0 Å². The van der Waals surface area contributed by atoms with Crippen molar-refractivity contribution in [2.75, 3.05) is 50.2 Å². The Kier molecular flexibility index (Phi) is 7.02. The van der Waals surface area contributed by atoms with Crippen LogP contribution in [0.5, 0.6) is 17.4 Å².